The molecule has 2 bridgehead atoms. The summed E-state index contributed by atoms with van der Waals surface area (Å²) >= 11 is 0. The number of hydrogen-bond acceptors (Lipinski definition) is 6. The molecule has 0 heterocycles. The number of methoxy groups -OCH3 is 1. The molecule has 6 heteroatoms. The van der Waals surface area contributed by atoms with Crippen molar-refractivity contribution in [1.82, 2.24) is 0 Å². The van der Waals surface area contributed by atoms with Crippen LogP contribution < -0.4 is 14.2 Å². The second-order valence-electron chi connectivity index (χ2n) is 12.0. The van der Waals surface area contributed by atoms with Gasteiger partial charge in [0.2, 0.25) is 0 Å². The van der Waals surface area contributed by atoms with E-state index in [-0.39, 0.29) is 24.7 Å². The van der Waals surface area contributed by atoms with E-state index in [0.717, 1.165) is 38.9 Å². The number of benzene rings is 5. The van der Waals surface area contributed by atoms with Crippen molar-refractivity contribution < 1.29 is 28.5 Å². The van der Waals surface area contributed by atoms with Gasteiger partial charge in [0.05, 0.1) is 7.11 Å². The molecule has 3 aliphatic carbocycles. The lowest BCUT2D eigenvalue weighted by Gasteiger charge is -2.43. The molecule has 0 atom stereocenters. The molecule has 0 saturated heterocycles. The lowest BCUT2D eigenvalue weighted by atomic mass is 9.60. The maximum absolute atomic E-state index is 13.3. The molecule has 0 N–H and O–H groups in total. The Kier molecular flexibility index (Phi) is 7.90. The molecule has 0 radical (unpaired) electrons. The highest BCUT2D eigenvalue weighted by Crippen LogP contribution is 2.60. The fraction of sp³-hybridized carbons (Fsp3) is 0.200. The average molecular weight is 613 g/mol. The van der Waals surface area contributed by atoms with Crippen molar-refractivity contribution in [1.29, 1.82) is 0 Å². The molecule has 5 aromatic rings. The molecule has 0 amide bonds. The van der Waals surface area contributed by atoms with Crippen molar-refractivity contribution in [3.05, 3.63) is 159 Å². The summed E-state index contributed by atoms with van der Waals surface area (Å²) in [5, 5.41) is 0. The first-order chi connectivity index (χ1) is 21.8. The second kappa shape index (κ2) is 11.9. The van der Waals surface area contributed by atoms with Crippen LogP contribution in [0.25, 0.3) is 0 Å². The van der Waals surface area contributed by atoms with Crippen LogP contribution in [0.3, 0.4) is 0 Å². The van der Waals surface area contributed by atoms with E-state index in [1.54, 1.807) is 24.3 Å². The lowest BCUT2D eigenvalue weighted by Crippen LogP contribution is -2.29. The Labute approximate surface area is 269 Å². The number of carbonyl (C=O) groups is 2. The van der Waals surface area contributed by atoms with Gasteiger partial charge >= 0.3 is 12.3 Å². The minimum Gasteiger partial charge on any atom is -0.437 e. The van der Waals surface area contributed by atoms with Crippen molar-refractivity contribution in [3.63, 3.8) is 0 Å². The molecule has 5 aromatic carbocycles. The third-order valence-corrected chi connectivity index (χ3v) is 9.12. The summed E-state index contributed by atoms with van der Waals surface area (Å²) in [6, 6.07) is 35.7. The van der Waals surface area contributed by atoms with Crippen LogP contribution in [0.4, 0.5) is 9.59 Å². The molecule has 0 aromatic heterocycles. The summed E-state index contributed by atoms with van der Waals surface area (Å²) in [6.45, 7) is 6.41. The normalized spacial score (nSPS) is 15.4. The number of ether oxygens (including phenoxy) is 4. The highest BCUT2D eigenvalue weighted by Gasteiger charge is 2.45. The van der Waals surface area contributed by atoms with E-state index in [9.17, 15) is 9.59 Å². The van der Waals surface area contributed by atoms with Crippen LogP contribution in [0.15, 0.2) is 109 Å². The van der Waals surface area contributed by atoms with Gasteiger partial charge in [-0.15, -0.1) is 0 Å². The van der Waals surface area contributed by atoms with Gasteiger partial charge in [0.25, 0.3) is 0 Å². The molecular formula is C40H36O6. The predicted molar refractivity (Wildman–Crippen MR) is 177 cm³/mol. The first kappa shape index (κ1) is 30.7. The van der Waals surface area contributed by atoms with Crippen molar-refractivity contribution in [3.8, 4) is 17.2 Å². The second-order valence-corrected chi connectivity index (χ2v) is 12.0. The molecule has 6 nitrogen and oxygen atoms in total. The molecule has 46 heavy (non-hydrogen) atoms. The number of carbonyl (C=O) groups excluding carboxylic acids is 2. The first-order valence-electron chi connectivity index (χ1n) is 14.9. The quantitative estimate of drug-likeness (QED) is 0.142. The summed E-state index contributed by atoms with van der Waals surface area (Å²) in [6.07, 6.45) is -1.67. The Bertz CT molecular complexity index is 1890. The van der Waals surface area contributed by atoms with Gasteiger partial charge in [-0.2, -0.15) is 0 Å². The standard InChI is InChI=1S/C39H32O6.CH4/c1-23-13-15-24(16-14-23)39(2,3)25-17-19-26(20-18-25)43-38(41)45-32-22-21-31(44-37(40)42-4)35-33-27-9-5-7-11-29(27)34(36(32)35)30-12-8-6-10-28(30)33;/h5-22,33-34H,1-4H3;1H4. The first-order valence-corrected chi connectivity index (χ1v) is 14.9. The van der Waals surface area contributed by atoms with E-state index in [2.05, 4.69) is 69.3 Å². The van der Waals surface area contributed by atoms with Crippen LogP contribution in [0, 0.1) is 6.92 Å². The van der Waals surface area contributed by atoms with Crippen LogP contribution in [0.2, 0.25) is 0 Å². The van der Waals surface area contributed by atoms with Gasteiger partial charge in [-0.25, -0.2) is 9.59 Å². The fourth-order valence-electron chi connectivity index (χ4n) is 6.82. The van der Waals surface area contributed by atoms with Gasteiger partial charge in [0.15, 0.2) is 0 Å². The van der Waals surface area contributed by atoms with Gasteiger partial charge < -0.3 is 18.9 Å². The van der Waals surface area contributed by atoms with Gasteiger partial charge in [0.1, 0.15) is 17.2 Å². The van der Waals surface area contributed by atoms with E-state index >= 15 is 0 Å². The number of rotatable bonds is 5. The zero-order valence-corrected chi connectivity index (χ0v) is 25.5. The van der Waals surface area contributed by atoms with Gasteiger partial charge in [-0.05, 0) is 64.6 Å². The highest BCUT2D eigenvalue weighted by molar-refractivity contribution is 5.77. The zero-order valence-electron chi connectivity index (χ0n) is 25.5. The molecular weight excluding hydrogens is 576 g/mol. The Balaban J connectivity index is 0.00000372. The van der Waals surface area contributed by atoms with Gasteiger partial charge in [0, 0.05) is 28.4 Å². The van der Waals surface area contributed by atoms with Crippen molar-refractivity contribution in [2.75, 3.05) is 7.11 Å². The van der Waals surface area contributed by atoms with Gasteiger partial charge in [-0.3, -0.25) is 0 Å². The predicted octanol–water partition coefficient (Wildman–Crippen LogP) is 9.67. The maximum atomic E-state index is 13.3. The SMILES string of the molecule is C.COC(=O)Oc1ccc(OC(=O)Oc2ccc(C(C)(C)c3ccc(C)cc3)cc2)c2c1C1c3ccccc3C2c2ccccc21. The molecule has 232 valence electrons. The fourth-order valence-corrected chi connectivity index (χ4v) is 6.82. The number of aryl methyl sites for hydroxylation is 1. The topological polar surface area (TPSA) is 71.1 Å². The summed E-state index contributed by atoms with van der Waals surface area (Å²) in [5.41, 5.74) is 9.30. The summed E-state index contributed by atoms with van der Waals surface area (Å²) in [5.74, 6) is 0.637. The van der Waals surface area contributed by atoms with E-state index in [1.165, 1.54) is 18.2 Å². The highest BCUT2D eigenvalue weighted by atomic mass is 16.7. The zero-order chi connectivity index (χ0) is 31.3. The third kappa shape index (κ3) is 5.10. The molecule has 0 spiro atoms. The summed E-state index contributed by atoms with van der Waals surface area (Å²) in [4.78, 5) is 25.5. The summed E-state index contributed by atoms with van der Waals surface area (Å²) in [7, 11) is 1.27. The monoisotopic (exact) mass is 612 g/mol. The van der Waals surface area contributed by atoms with E-state index in [4.69, 9.17) is 18.9 Å². The Hall–Kier alpha value is -5.36. The van der Waals surface area contributed by atoms with Crippen LogP contribution in [0.5, 0.6) is 17.2 Å². The van der Waals surface area contributed by atoms with Gasteiger partial charge in [-0.1, -0.05) is 112 Å². The van der Waals surface area contributed by atoms with Crippen molar-refractivity contribution in [2.24, 2.45) is 0 Å². The molecule has 0 saturated carbocycles. The molecule has 0 fully saturated rings. The van der Waals surface area contributed by atoms with Crippen LogP contribution in [0.1, 0.15) is 83.2 Å². The summed E-state index contributed by atoms with van der Waals surface area (Å²) < 4.78 is 22.1. The molecule has 3 aliphatic rings. The smallest absolute Gasteiger partial charge is 0.437 e. The largest absolute Gasteiger partial charge is 0.519 e. The number of hydrogen-bond donors (Lipinski definition) is 0. The maximum Gasteiger partial charge on any atom is 0.519 e. The van der Waals surface area contributed by atoms with E-state index < -0.39 is 12.3 Å². The average Bonchev–Trinajstić information content (AvgIpc) is 3.06. The molecule has 0 unspecified atom stereocenters. The van der Waals surface area contributed by atoms with Crippen LogP contribution >= 0.6 is 0 Å². The Morgan fingerprint density at radius 3 is 1.41 bits per heavy atom. The van der Waals surface area contributed by atoms with E-state index in [0.29, 0.717) is 17.2 Å². The minimum atomic E-state index is -0.854. The van der Waals surface area contributed by atoms with Crippen LogP contribution in [-0.2, 0) is 10.2 Å². The Morgan fingerprint density at radius 2 is 0.978 bits per heavy atom. The van der Waals surface area contributed by atoms with Crippen molar-refractivity contribution in [2.45, 2.75) is 45.4 Å². The minimum absolute atomic E-state index is 0. The molecule has 0 aliphatic heterocycles. The molecule has 8 rings (SSSR count). The van der Waals surface area contributed by atoms with Crippen LogP contribution in [-0.4, -0.2) is 19.4 Å². The lowest BCUT2D eigenvalue weighted by molar-refractivity contribution is 0.120. The third-order valence-electron chi connectivity index (χ3n) is 9.12. The Morgan fingerprint density at radius 1 is 0.565 bits per heavy atom. The van der Waals surface area contributed by atoms with E-state index in [1.807, 2.05) is 36.4 Å². The van der Waals surface area contributed by atoms with Crippen molar-refractivity contribution >= 4 is 12.3 Å².